The number of hydrogen-bond donors (Lipinski definition) is 1. The van der Waals surface area contributed by atoms with E-state index in [1.807, 2.05) is 6.92 Å². The van der Waals surface area contributed by atoms with Crippen LogP contribution in [-0.2, 0) is 0 Å². The van der Waals surface area contributed by atoms with E-state index in [0.29, 0.717) is 6.04 Å². The number of likely N-dealkylation sites (tertiary alicyclic amines) is 1. The second kappa shape index (κ2) is 5.88. The highest BCUT2D eigenvalue weighted by Gasteiger charge is 2.30. The summed E-state index contributed by atoms with van der Waals surface area (Å²) in [6.07, 6.45) is 3.68. The van der Waals surface area contributed by atoms with Crippen molar-refractivity contribution in [2.24, 2.45) is 0 Å². The smallest absolute Gasteiger partial charge is 0.182 e. The van der Waals surface area contributed by atoms with Crippen LogP contribution in [0.15, 0.2) is 18.2 Å². The van der Waals surface area contributed by atoms with Gasteiger partial charge in [0.1, 0.15) is 0 Å². The van der Waals surface area contributed by atoms with Crippen molar-refractivity contribution in [3.05, 3.63) is 35.0 Å². The molecular weight excluding hydrogens is 272 g/mol. The number of nitrogens with zero attached hydrogens (tertiary/aromatic N) is 1. The minimum atomic E-state index is -0.0469. The van der Waals surface area contributed by atoms with Crippen molar-refractivity contribution in [3.8, 4) is 0 Å². The Morgan fingerprint density at radius 3 is 2.82 bits per heavy atom. The molecule has 1 aromatic heterocycles. The van der Waals surface area contributed by atoms with E-state index < -0.39 is 0 Å². The van der Waals surface area contributed by atoms with Crippen LogP contribution in [0, 0.1) is 13.8 Å². The van der Waals surface area contributed by atoms with Gasteiger partial charge in [-0.2, -0.15) is 0 Å². The predicted octanol–water partition coefficient (Wildman–Crippen LogP) is 4.23. The number of rotatable bonds is 3. The van der Waals surface area contributed by atoms with Gasteiger partial charge in [-0.15, -0.1) is 0 Å². The topological polar surface area (TPSA) is 36.1 Å². The molecule has 1 aliphatic heterocycles. The van der Waals surface area contributed by atoms with Crippen LogP contribution in [0.3, 0.4) is 0 Å². The second-order valence-electron chi connectivity index (χ2n) is 6.80. The maximum atomic E-state index is 13.1. The lowest BCUT2D eigenvalue weighted by molar-refractivity contribution is 0.0702. The van der Waals surface area contributed by atoms with Gasteiger partial charge in [0, 0.05) is 28.2 Å². The Balaban J connectivity index is 1.96. The SMILES string of the molecule is Cc1ccc2c(C(=O)[C@@H](C)N3CCCC[C@H]3C)c(C)[nH]c2c1. The van der Waals surface area contributed by atoms with Gasteiger partial charge in [-0.3, -0.25) is 9.69 Å². The summed E-state index contributed by atoms with van der Waals surface area (Å²) in [5.74, 6) is 0.251. The minimum Gasteiger partial charge on any atom is -0.358 e. The fraction of sp³-hybridized carbons (Fsp3) is 0.526. The van der Waals surface area contributed by atoms with E-state index in [2.05, 4.69) is 48.9 Å². The first-order chi connectivity index (χ1) is 10.5. The summed E-state index contributed by atoms with van der Waals surface area (Å²) < 4.78 is 0. The lowest BCUT2D eigenvalue weighted by atomic mass is 9.96. The summed E-state index contributed by atoms with van der Waals surface area (Å²) in [4.78, 5) is 18.9. The molecule has 0 amide bonds. The quantitative estimate of drug-likeness (QED) is 0.861. The summed E-state index contributed by atoms with van der Waals surface area (Å²) in [5, 5.41) is 1.06. The number of aromatic amines is 1. The van der Waals surface area contributed by atoms with Gasteiger partial charge in [0.25, 0.3) is 0 Å². The van der Waals surface area contributed by atoms with E-state index in [-0.39, 0.29) is 11.8 Å². The Hall–Kier alpha value is -1.61. The summed E-state index contributed by atoms with van der Waals surface area (Å²) >= 11 is 0. The van der Waals surface area contributed by atoms with Crippen LogP contribution in [0.2, 0.25) is 0 Å². The molecule has 118 valence electrons. The van der Waals surface area contributed by atoms with Gasteiger partial charge >= 0.3 is 0 Å². The Kier molecular flexibility index (Phi) is 4.09. The number of benzene rings is 1. The molecule has 1 saturated heterocycles. The second-order valence-corrected chi connectivity index (χ2v) is 6.80. The molecule has 0 aliphatic carbocycles. The standard InChI is InChI=1S/C19H26N2O/c1-12-8-9-16-17(11-12)20-14(3)18(16)19(22)15(4)21-10-6-5-7-13(21)2/h8-9,11,13,15,20H,5-7,10H2,1-4H3/t13-,15-/m1/s1. The summed E-state index contributed by atoms with van der Waals surface area (Å²) in [6, 6.07) is 6.73. The summed E-state index contributed by atoms with van der Waals surface area (Å²) in [5.41, 5.74) is 4.15. The number of fused-ring (bicyclic) bond motifs is 1. The number of nitrogens with one attached hydrogen (secondary N) is 1. The highest BCUT2D eigenvalue weighted by molar-refractivity contribution is 6.11. The van der Waals surface area contributed by atoms with Gasteiger partial charge in [0.2, 0.25) is 0 Å². The molecule has 2 heterocycles. The zero-order chi connectivity index (χ0) is 15.9. The van der Waals surface area contributed by atoms with Crippen LogP contribution in [0.5, 0.6) is 0 Å². The zero-order valence-electron chi connectivity index (χ0n) is 14.1. The third-order valence-corrected chi connectivity index (χ3v) is 5.12. The molecular formula is C19H26N2O. The first-order valence-corrected chi connectivity index (χ1v) is 8.38. The van der Waals surface area contributed by atoms with E-state index >= 15 is 0 Å². The van der Waals surface area contributed by atoms with Crippen LogP contribution in [-0.4, -0.2) is 34.3 Å². The zero-order valence-corrected chi connectivity index (χ0v) is 14.1. The fourth-order valence-corrected chi connectivity index (χ4v) is 3.82. The van der Waals surface area contributed by atoms with Crippen LogP contribution in [0.1, 0.15) is 54.7 Å². The molecule has 1 fully saturated rings. The Labute approximate surface area is 132 Å². The van der Waals surface area contributed by atoms with Gasteiger partial charge in [-0.25, -0.2) is 0 Å². The van der Waals surface area contributed by atoms with Crippen molar-refractivity contribution in [1.82, 2.24) is 9.88 Å². The molecule has 3 nitrogen and oxygen atoms in total. The van der Waals surface area contributed by atoms with Crippen LogP contribution in [0.25, 0.3) is 10.9 Å². The van der Waals surface area contributed by atoms with Crippen molar-refractivity contribution in [2.45, 2.75) is 59.0 Å². The molecule has 2 aromatic rings. The average molecular weight is 298 g/mol. The van der Waals surface area contributed by atoms with E-state index in [4.69, 9.17) is 0 Å². The average Bonchev–Trinajstić information content (AvgIpc) is 2.81. The normalized spacial score (nSPS) is 21.2. The van der Waals surface area contributed by atoms with E-state index in [9.17, 15) is 4.79 Å². The first-order valence-electron chi connectivity index (χ1n) is 8.38. The summed E-state index contributed by atoms with van der Waals surface area (Å²) in [6.45, 7) is 9.43. The van der Waals surface area contributed by atoms with Crippen LogP contribution < -0.4 is 0 Å². The molecule has 3 rings (SSSR count). The molecule has 0 bridgehead atoms. The number of carbonyl (C=O) groups excluding carboxylic acids is 1. The van der Waals surface area contributed by atoms with Gasteiger partial charge in [0.05, 0.1) is 6.04 Å². The number of hydrogen-bond acceptors (Lipinski definition) is 2. The predicted molar refractivity (Wildman–Crippen MR) is 91.6 cm³/mol. The molecule has 2 atom stereocenters. The Bertz CT molecular complexity index is 701. The van der Waals surface area contributed by atoms with Crippen molar-refractivity contribution in [3.63, 3.8) is 0 Å². The maximum Gasteiger partial charge on any atom is 0.182 e. The van der Waals surface area contributed by atoms with Crippen molar-refractivity contribution in [1.29, 1.82) is 0 Å². The summed E-state index contributed by atoms with van der Waals surface area (Å²) in [7, 11) is 0. The number of ketones is 1. The van der Waals surface area contributed by atoms with E-state index in [1.165, 1.54) is 24.8 Å². The lowest BCUT2D eigenvalue weighted by Crippen LogP contribution is -2.47. The number of H-pyrrole nitrogens is 1. The van der Waals surface area contributed by atoms with Crippen molar-refractivity contribution in [2.75, 3.05) is 6.54 Å². The number of aromatic nitrogens is 1. The van der Waals surface area contributed by atoms with Crippen molar-refractivity contribution >= 4 is 16.7 Å². The van der Waals surface area contributed by atoms with Crippen LogP contribution >= 0.6 is 0 Å². The Morgan fingerprint density at radius 1 is 1.32 bits per heavy atom. The lowest BCUT2D eigenvalue weighted by Gasteiger charge is -2.37. The highest BCUT2D eigenvalue weighted by atomic mass is 16.1. The van der Waals surface area contributed by atoms with E-state index in [1.54, 1.807) is 0 Å². The number of aryl methyl sites for hydroxylation is 2. The molecule has 0 radical (unpaired) electrons. The molecule has 3 heteroatoms. The van der Waals surface area contributed by atoms with Gasteiger partial charge < -0.3 is 4.98 Å². The largest absolute Gasteiger partial charge is 0.358 e. The molecule has 0 unspecified atom stereocenters. The molecule has 1 N–H and O–H groups in total. The molecule has 22 heavy (non-hydrogen) atoms. The van der Waals surface area contributed by atoms with Gasteiger partial charge in [-0.05, 0) is 58.7 Å². The third-order valence-electron chi connectivity index (χ3n) is 5.12. The third kappa shape index (κ3) is 2.58. The van der Waals surface area contributed by atoms with Gasteiger partial charge in [-0.1, -0.05) is 18.6 Å². The number of Topliss-reactive ketones (excluding diaryl/α,β-unsaturated/α-hetero) is 1. The monoisotopic (exact) mass is 298 g/mol. The first kappa shape index (κ1) is 15.3. The Morgan fingerprint density at radius 2 is 2.09 bits per heavy atom. The van der Waals surface area contributed by atoms with E-state index in [0.717, 1.165) is 28.7 Å². The molecule has 1 aromatic carbocycles. The molecule has 0 spiro atoms. The van der Waals surface area contributed by atoms with Gasteiger partial charge in [0.15, 0.2) is 5.78 Å². The van der Waals surface area contributed by atoms with Crippen molar-refractivity contribution < 1.29 is 4.79 Å². The van der Waals surface area contributed by atoms with Crippen LogP contribution in [0.4, 0.5) is 0 Å². The molecule has 0 saturated carbocycles. The number of carbonyl (C=O) groups is 1. The minimum absolute atomic E-state index is 0.0469. The fourth-order valence-electron chi connectivity index (χ4n) is 3.82. The molecule has 1 aliphatic rings. The maximum absolute atomic E-state index is 13.1. The highest BCUT2D eigenvalue weighted by Crippen LogP contribution is 2.27. The number of piperidine rings is 1.